The van der Waals surface area contributed by atoms with Crippen LogP contribution in [0.4, 0.5) is 0 Å². The van der Waals surface area contributed by atoms with Gasteiger partial charge in [-0.1, -0.05) is 13.3 Å². The van der Waals surface area contributed by atoms with Crippen LogP contribution >= 0.6 is 12.2 Å². The van der Waals surface area contributed by atoms with Gasteiger partial charge in [-0.25, -0.2) is 9.79 Å². The minimum Gasteiger partial charge on any atom is -0.480 e. The summed E-state index contributed by atoms with van der Waals surface area (Å²) in [5.41, 5.74) is 0. The fourth-order valence-corrected chi connectivity index (χ4v) is 0.708. The number of isothiocyanates is 1. The van der Waals surface area contributed by atoms with E-state index in [1.54, 1.807) is 0 Å². The van der Waals surface area contributed by atoms with E-state index in [1.165, 1.54) is 0 Å². The van der Waals surface area contributed by atoms with Gasteiger partial charge in [-0.05, 0) is 18.6 Å². The summed E-state index contributed by atoms with van der Waals surface area (Å²) >= 11 is 4.28. The molecule has 1 N–H and O–H groups in total. The lowest BCUT2D eigenvalue weighted by molar-refractivity contribution is -0.138. The monoisotopic (exact) mass is 159 g/mol. The second-order valence-electron chi connectivity index (χ2n) is 1.86. The van der Waals surface area contributed by atoms with Crippen molar-refractivity contribution < 1.29 is 9.90 Å². The van der Waals surface area contributed by atoms with Crippen molar-refractivity contribution in [2.45, 2.75) is 25.8 Å². The van der Waals surface area contributed by atoms with Gasteiger partial charge in [0, 0.05) is 0 Å². The molecule has 0 aliphatic rings. The topological polar surface area (TPSA) is 49.7 Å². The van der Waals surface area contributed by atoms with Crippen LogP contribution in [0, 0.1) is 0 Å². The average molecular weight is 159 g/mol. The number of carbonyl (C=O) groups is 1. The summed E-state index contributed by atoms with van der Waals surface area (Å²) in [5.74, 6) is -0.931. The molecule has 0 radical (unpaired) electrons. The number of hydrogen-bond acceptors (Lipinski definition) is 3. The third-order valence-electron chi connectivity index (χ3n) is 1.06. The summed E-state index contributed by atoms with van der Waals surface area (Å²) in [4.78, 5) is 13.8. The van der Waals surface area contributed by atoms with E-state index in [-0.39, 0.29) is 0 Å². The quantitative estimate of drug-likeness (QED) is 0.497. The van der Waals surface area contributed by atoms with Crippen LogP contribution in [0.25, 0.3) is 0 Å². The molecule has 0 fully saturated rings. The Morgan fingerprint density at radius 3 is 2.80 bits per heavy atom. The Labute approximate surface area is 64.8 Å². The molecule has 0 saturated heterocycles. The van der Waals surface area contributed by atoms with E-state index in [0.29, 0.717) is 6.42 Å². The molecule has 0 aliphatic heterocycles. The summed E-state index contributed by atoms with van der Waals surface area (Å²) in [6.45, 7) is 1.90. The summed E-state index contributed by atoms with van der Waals surface area (Å²) in [7, 11) is 0. The van der Waals surface area contributed by atoms with Crippen molar-refractivity contribution in [1.29, 1.82) is 0 Å². The zero-order valence-electron chi connectivity index (χ0n) is 5.70. The lowest BCUT2D eigenvalue weighted by Crippen LogP contribution is -2.16. The van der Waals surface area contributed by atoms with E-state index in [0.717, 1.165) is 6.42 Å². The van der Waals surface area contributed by atoms with Crippen LogP contribution in [-0.4, -0.2) is 22.3 Å². The molecule has 0 bridgehead atoms. The number of aliphatic carboxylic acids is 1. The van der Waals surface area contributed by atoms with E-state index in [9.17, 15) is 4.79 Å². The fraction of sp³-hybridized carbons (Fsp3) is 0.667. The van der Waals surface area contributed by atoms with E-state index in [4.69, 9.17) is 5.11 Å². The van der Waals surface area contributed by atoms with Crippen LogP contribution in [0.15, 0.2) is 4.99 Å². The molecular weight excluding hydrogens is 150 g/mol. The summed E-state index contributed by atoms with van der Waals surface area (Å²) in [6.07, 6.45) is 1.32. The van der Waals surface area contributed by atoms with Gasteiger partial charge in [0.25, 0.3) is 0 Å². The summed E-state index contributed by atoms with van der Waals surface area (Å²) < 4.78 is 0. The minimum absolute atomic E-state index is 0.527. The Morgan fingerprint density at radius 1 is 1.90 bits per heavy atom. The van der Waals surface area contributed by atoms with Crippen molar-refractivity contribution >= 4 is 23.3 Å². The maximum Gasteiger partial charge on any atom is 0.329 e. The second-order valence-corrected chi connectivity index (χ2v) is 2.05. The number of nitrogens with zero attached hydrogens (tertiary/aromatic N) is 1. The van der Waals surface area contributed by atoms with Crippen molar-refractivity contribution in [3.8, 4) is 0 Å². The standard InChI is InChI=1S/C6H9NO2S/c1-2-3-5(6(8)9)7-4-10/h5H,2-3H2,1H3,(H,8,9)/t5-/m1/s1. The third-order valence-corrected chi connectivity index (χ3v) is 1.16. The Hall–Kier alpha value is -0.730. The SMILES string of the molecule is CCC[C@@H](N=C=S)C(=O)O. The van der Waals surface area contributed by atoms with Crippen LogP contribution in [0.5, 0.6) is 0 Å². The fourth-order valence-electron chi connectivity index (χ4n) is 0.580. The van der Waals surface area contributed by atoms with Crippen molar-refractivity contribution in [3.63, 3.8) is 0 Å². The number of thiocarbonyl (C=S) groups is 1. The number of hydrogen-bond donors (Lipinski definition) is 1. The first-order valence-electron chi connectivity index (χ1n) is 3.02. The largest absolute Gasteiger partial charge is 0.480 e. The first-order chi connectivity index (χ1) is 4.72. The molecule has 0 aromatic heterocycles. The van der Waals surface area contributed by atoms with E-state index < -0.39 is 12.0 Å². The van der Waals surface area contributed by atoms with Crippen molar-refractivity contribution in [2.75, 3.05) is 0 Å². The molecule has 0 rings (SSSR count). The molecule has 0 aromatic carbocycles. The maximum absolute atomic E-state index is 10.3. The van der Waals surface area contributed by atoms with E-state index >= 15 is 0 Å². The van der Waals surface area contributed by atoms with Gasteiger partial charge in [0.05, 0.1) is 5.16 Å². The minimum atomic E-state index is -0.931. The zero-order chi connectivity index (χ0) is 7.98. The van der Waals surface area contributed by atoms with E-state index in [2.05, 4.69) is 22.4 Å². The predicted octanol–water partition coefficient (Wildman–Crippen LogP) is 1.34. The Morgan fingerprint density at radius 2 is 2.50 bits per heavy atom. The third kappa shape index (κ3) is 3.33. The molecule has 0 aliphatic carbocycles. The second kappa shape index (κ2) is 5.09. The number of carboxylic acids is 1. The number of rotatable bonds is 4. The van der Waals surface area contributed by atoms with Gasteiger partial charge in [0.2, 0.25) is 0 Å². The smallest absolute Gasteiger partial charge is 0.329 e. The molecule has 1 atom stereocenters. The molecule has 3 nitrogen and oxygen atoms in total. The van der Waals surface area contributed by atoms with Crippen LogP contribution < -0.4 is 0 Å². The van der Waals surface area contributed by atoms with Crippen LogP contribution in [-0.2, 0) is 4.79 Å². The van der Waals surface area contributed by atoms with Crippen LogP contribution in [0.1, 0.15) is 19.8 Å². The van der Waals surface area contributed by atoms with Crippen LogP contribution in [0.3, 0.4) is 0 Å². The molecule has 56 valence electrons. The van der Waals surface area contributed by atoms with Gasteiger partial charge < -0.3 is 5.11 Å². The zero-order valence-corrected chi connectivity index (χ0v) is 6.52. The number of aliphatic imine (C=N–C) groups is 1. The van der Waals surface area contributed by atoms with E-state index in [1.807, 2.05) is 6.92 Å². The highest BCUT2D eigenvalue weighted by atomic mass is 32.1. The molecule has 4 heteroatoms. The Balaban J connectivity index is 3.97. The summed E-state index contributed by atoms with van der Waals surface area (Å²) in [6, 6.07) is -0.692. The van der Waals surface area contributed by atoms with Gasteiger partial charge in [-0.2, -0.15) is 0 Å². The van der Waals surface area contributed by atoms with Crippen molar-refractivity contribution in [2.24, 2.45) is 4.99 Å². The summed E-state index contributed by atoms with van der Waals surface area (Å²) in [5, 5.41) is 10.5. The number of carboxylic acid groups (broad SMARTS) is 1. The van der Waals surface area contributed by atoms with Gasteiger partial charge in [0.15, 0.2) is 6.04 Å². The molecule has 0 saturated carbocycles. The van der Waals surface area contributed by atoms with Gasteiger partial charge in [0.1, 0.15) is 0 Å². The lowest BCUT2D eigenvalue weighted by atomic mass is 10.2. The highest BCUT2D eigenvalue weighted by Gasteiger charge is 2.12. The first-order valence-corrected chi connectivity index (χ1v) is 3.43. The molecule has 0 heterocycles. The maximum atomic E-state index is 10.3. The highest BCUT2D eigenvalue weighted by Crippen LogP contribution is 2.00. The molecule has 0 spiro atoms. The molecule has 0 aromatic rings. The van der Waals surface area contributed by atoms with Crippen molar-refractivity contribution in [1.82, 2.24) is 0 Å². The predicted molar refractivity (Wildman–Crippen MR) is 41.4 cm³/mol. The van der Waals surface area contributed by atoms with Gasteiger partial charge >= 0.3 is 5.97 Å². The Bertz CT molecular complexity index is 161. The normalized spacial score (nSPS) is 11.7. The lowest BCUT2D eigenvalue weighted by Gasteiger charge is -2.00. The molecular formula is C6H9NO2S. The average Bonchev–Trinajstić information content (AvgIpc) is 1.87. The Kier molecular flexibility index (Phi) is 4.72. The van der Waals surface area contributed by atoms with Crippen LogP contribution in [0.2, 0.25) is 0 Å². The molecule has 0 unspecified atom stereocenters. The van der Waals surface area contributed by atoms with Crippen molar-refractivity contribution in [3.05, 3.63) is 0 Å². The molecule has 10 heavy (non-hydrogen) atoms. The molecule has 0 amide bonds. The first kappa shape index (κ1) is 9.27. The highest BCUT2D eigenvalue weighted by molar-refractivity contribution is 7.78. The van der Waals surface area contributed by atoms with Gasteiger partial charge in [-0.3, -0.25) is 0 Å². The van der Waals surface area contributed by atoms with Gasteiger partial charge in [-0.15, -0.1) is 0 Å².